The smallest absolute Gasteiger partial charge is 0.221 e. The molecule has 3 aromatic carbocycles. The van der Waals surface area contributed by atoms with Crippen molar-refractivity contribution in [3.8, 4) is 22.5 Å². The van der Waals surface area contributed by atoms with Crippen LogP contribution in [0.5, 0.6) is 0 Å². The Morgan fingerprint density at radius 2 is 1.43 bits per heavy atom. The fraction of sp³-hybridized carbons (Fsp3) is 0. The van der Waals surface area contributed by atoms with E-state index in [9.17, 15) is 4.39 Å². The van der Waals surface area contributed by atoms with Gasteiger partial charge in [-0.2, -0.15) is 0 Å². The lowest BCUT2D eigenvalue weighted by Gasteiger charge is -2.09. The number of pyridine rings is 1. The van der Waals surface area contributed by atoms with Gasteiger partial charge in [0.05, 0.1) is 11.2 Å². The summed E-state index contributed by atoms with van der Waals surface area (Å²) >= 11 is 0. The SMILES string of the molecule is Nc1nc(-c2ccc3ccccc3c2)c2nc(-c3ccc(F)cc3)ccc2n1. The van der Waals surface area contributed by atoms with Gasteiger partial charge in [-0.25, -0.2) is 19.3 Å². The maximum atomic E-state index is 13.3. The van der Waals surface area contributed by atoms with Crippen LogP contribution in [0, 0.1) is 5.82 Å². The zero-order valence-electron chi connectivity index (χ0n) is 14.8. The minimum absolute atomic E-state index is 0.201. The molecule has 5 heteroatoms. The van der Waals surface area contributed by atoms with Crippen molar-refractivity contribution in [2.24, 2.45) is 0 Å². The minimum atomic E-state index is -0.280. The highest BCUT2D eigenvalue weighted by Crippen LogP contribution is 2.30. The monoisotopic (exact) mass is 366 g/mol. The number of rotatable bonds is 2. The van der Waals surface area contributed by atoms with Gasteiger partial charge in [0.25, 0.3) is 0 Å². The van der Waals surface area contributed by atoms with Crippen LogP contribution < -0.4 is 5.73 Å². The van der Waals surface area contributed by atoms with Gasteiger partial charge >= 0.3 is 0 Å². The molecule has 0 atom stereocenters. The van der Waals surface area contributed by atoms with Gasteiger partial charge in [-0.05, 0) is 53.2 Å². The normalized spacial score (nSPS) is 11.2. The Hall–Kier alpha value is -3.86. The van der Waals surface area contributed by atoms with E-state index in [1.165, 1.54) is 12.1 Å². The lowest BCUT2D eigenvalue weighted by molar-refractivity contribution is 0.628. The van der Waals surface area contributed by atoms with E-state index in [4.69, 9.17) is 10.7 Å². The molecule has 28 heavy (non-hydrogen) atoms. The lowest BCUT2D eigenvalue weighted by Crippen LogP contribution is -2.00. The third-order valence-electron chi connectivity index (χ3n) is 4.72. The second-order valence-electron chi connectivity index (χ2n) is 6.56. The van der Waals surface area contributed by atoms with Gasteiger partial charge in [0, 0.05) is 11.1 Å². The van der Waals surface area contributed by atoms with Crippen molar-refractivity contribution in [1.29, 1.82) is 0 Å². The second kappa shape index (κ2) is 6.39. The molecule has 0 fully saturated rings. The van der Waals surface area contributed by atoms with Crippen molar-refractivity contribution < 1.29 is 4.39 Å². The maximum absolute atomic E-state index is 13.3. The first kappa shape index (κ1) is 16.3. The van der Waals surface area contributed by atoms with Crippen LogP contribution in [-0.2, 0) is 0 Å². The van der Waals surface area contributed by atoms with Crippen molar-refractivity contribution >= 4 is 27.8 Å². The molecule has 2 N–H and O–H groups in total. The second-order valence-corrected chi connectivity index (χ2v) is 6.56. The summed E-state index contributed by atoms with van der Waals surface area (Å²) in [6.45, 7) is 0. The molecule has 0 bridgehead atoms. The zero-order valence-corrected chi connectivity index (χ0v) is 14.8. The molecule has 0 radical (unpaired) electrons. The number of hydrogen-bond donors (Lipinski definition) is 1. The van der Waals surface area contributed by atoms with Gasteiger partial charge in [-0.15, -0.1) is 0 Å². The summed E-state index contributed by atoms with van der Waals surface area (Å²) in [6.07, 6.45) is 0. The summed E-state index contributed by atoms with van der Waals surface area (Å²) in [5, 5.41) is 2.26. The van der Waals surface area contributed by atoms with E-state index < -0.39 is 0 Å². The summed E-state index contributed by atoms with van der Waals surface area (Å²) in [6, 6.07) is 24.2. The number of nitrogens with two attached hydrogens (primary N) is 1. The van der Waals surface area contributed by atoms with E-state index in [2.05, 4.69) is 34.2 Å². The van der Waals surface area contributed by atoms with Crippen molar-refractivity contribution in [2.45, 2.75) is 0 Å². The predicted octanol–water partition coefficient (Wildman–Crippen LogP) is 5.23. The Labute approximate surface area is 160 Å². The fourth-order valence-corrected chi connectivity index (χ4v) is 3.35. The van der Waals surface area contributed by atoms with E-state index in [-0.39, 0.29) is 11.8 Å². The molecule has 2 aromatic heterocycles. The Bertz CT molecular complexity index is 1330. The molecule has 5 rings (SSSR count). The lowest BCUT2D eigenvalue weighted by atomic mass is 10.0. The van der Waals surface area contributed by atoms with Crippen LogP contribution in [0.1, 0.15) is 0 Å². The van der Waals surface area contributed by atoms with Crippen molar-refractivity contribution in [3.05, 3.63) is 84.7 Å². The summed E-state index contributed by atoms with van der Waals surface area (Å²) in [5.41, 5.74) is 10.4. The van der Waals surface area contributed by atoms with E-state index in [0.29, 0.717) is 16.7 Å². The molecule has 5 aromatic rings. The molecule has 0 amide bonds. The van der Waals surface area contributed by atoms with Crippen LogP contribution in [0.3, 0.4) is 0 Å². The van der Waals surface area contributed by atoms with Gasteiger partial charge in [0.15, 0.2) is 0 Å². The number of nitrogen functional groups attached to an aromatic ring is 1. The molecule has 0 unspecified atom stereocenters. The highest BCUT2D eigenvalue weighted by atomic mass is 19.1. The third kappa shape index (κ3) is 2.83. The molecule has 2 heterocycles. The predicted molar refractivity (Wildman–Crippen MR) is 110 cm³/mol. The Balaban J connectivity index is 1.74. The average molecular weight is 366 g/mol. The fourth-order valence-electron chi connectivity index (χ4n) is 3.35. The van der Waals surface area contributed by atoms with Gasteiger partial charge in [0.2, 0.25) is 5.95 Å². The third-order valence-corrected chi connectivity index (χ3v) is 4.72. The molecule has 0 aliphatic rings. The molecular formula is C23H15FN4. The molecule has 0 saturated carbocycles. The van der Waals surface area contributed by atoms with Gasteiger partial charge < -0.3 is 5.73 Å². The maximum Gasteiger partial charge on any atom is 0.221 e. The van der Waals surface area contributed by atoms with Gasteiger partial charge in [0.1, 0.15) is 17.0 Å². The average Bonchev–Trinajstić information content (AvgIpc) is 2.73. The summed E-state index contributed by atoms with van der Waals surface area (Å²) < 4.78 is 13.3. The highest BCUT2D eigenvalue weighted by molar-refractivity contribution is 5.95. The Morgan fingerprint density at radius 1 is 0.679 bits per heavy atom. The molecule has 0 spiro atoms. The number of nitrogens with zero attached hydrogens (tertiary/aromatic N) is 3. The number of hydrogen-bond acceptors (Lipinski definition) is 4. The van der Waals surface area contributed by atoms with E-state index in [0.717, 1.165) is 27.6 Å². The number of aromatic nitrogens is 3. The Kier molecular flexibility index (Phi) is 3.72. The van der Waals surface area contributed by atoms with Crippen molar-refractivity contribution in [1.82, 2.24) is 15.0 Å². The van der Waals surface area contributed by atoms with Crippen molar-refractivity contribution in [3.63, 3.8) is 0 Å². The molecule has 0 aliphatic heterocycles. The van der Waals surface area contributed by atoms with Crippen LogP contribution in [0.2, 0.25) is 0 Å². The molecule has 4 nitrogen and oxygen atoms in total. The zero-order chi connectivity index (χ0) is 19.1. The first-order chi connectivity index (χ1) is 13.7. The van der Waals surface area contributed by atoms with Gasteiger partial charge in [-0.1, -0.05) is 36.4 Å². The van der Waals surface area contributed by atoms with E-state index in [1.807, 2.05) is 30.3 Å². The first-order valence-corrected chi connectivity index (χ1v) is 8.87. The molecule has 134 valence electrons. The topological polar surface area (TPSA) is 64.7 Å². The number of fused-ring (bicyclic) bond motifs is 2. The summed E-state index contributed by atoms with van der Waals surface area (Å²) in [5.74, 6) is -0.0792. The van der Waals surface area contributed by atoms with Crippen LogP contribution in [0.4, 0.5) is 10.3 Å². The number of halogens is 1. The highest BCUT2D eigenvalue weighted by Gasteiger charge is 2.12. The van der Waals surface area contributed by atoms with Crippen LogP contribution >= 0.6 is 0 Å². The quantitative estimate of drug-likeness (QED) is 0.464. The number of anilines is 1. The number of benzene rings is 3. The van der Waals surface area contributed by atoms with Gasteiger partial charge in [-0.3, -0.25) is 0 Å². The van der Waals surface area contributed by atoms with Crippen LogP contribution in [-0.4, -0.2) is 15.0 Å². The standard InChI is InChI=1S/C23H15FN4/c24-18-9-7-15(8-10-18)19-11-12-20-22(26-19)21(28-23(25)27-20)17-6-5-14-3-1-2-4-16(14)13-17/h1-13H,(H2,25,27,28). The largest absolute Gasteiger partial charge is 0.368 e. The molecule has 0 saturated heterocycles. The van der Waals surface area contributed by atoms with Crippen LogP contribution in [0.15, 0.2) is 78.9 Å². The van der Waals surface area contributed by atoms with E-state index in [1.54, 1.807) is 12.1 Å². The first-order valence-electron chi connectivity index (χ1n) is 8.87. The minimum Gasteiger partial charge on any atom is -0.368 e. The summed E-state index contributed by atoms with van der Waals surface area (Å²) in [4.78, 5) is 13.6. The van der Waals surface area contributed by atoms with E-state index >= 15 is 0 Å². The molecule has 0 aliphatic carbocycles. The van der Waals surface area contributed by atoms with Crippen LogP contribution in [0.25, 0.3) is 44.3 Å². The Morgan fingerprint density at radius 3 is 2.25 bits per heavy atom. The summed E-state index contributed by atoms with van der Waals surface area (Å²) in [7, 11) is 0. The molecular weight excluding hydrogens is 351 g/mol. The van der Waals surface area contributed by atoms with Crippen molar-refractivity contribution in [2.75, 3.05) is 5.73 Å².